The Morgan fingerprint density at radius 3 is 1.09 bits per heavy atom. The van der Waals surface area contributed by atoms with Gasteiger partial charge in [0.2, 0.25) is 0 Å². The van der Waals surface area contributed by atoms with Crippen LogP contribution in [0.15, 0.2) is 0 Å². The minimum absolute atomic E-state index is 0. The molecule has 0 heterocycles. The van der Waals surface area contributed by atoms with E-state index < -0.39 is 15.6 Å². The van der Waals surface area contributed by atoms with Gasteiger partial charge in [-0.25, -0.2) is 9.13 Å². The van der Waals surface area contributed by atoms with Crippen LogP contribution in [0.1, 0.15) is 0 Å². The quantitative estimate of drug-likeness (QED) is 0.277. The van der Waals surface area contributed by atoms with E-state index in [0.29, 0.717) is 0 Å². The molecule has 0 aliphatic heterocycles. The second kappa shape index (κ2) is 6.07. The van der Waals surface area contributed by atoms with E-state index in [1.165, 1.54) is 0 Å². The average Bonchev–Trinajstić information content (AvgIpc) is 1.14. The summed E-state index contributed by atoms with van der Waals surface area (Å²) in [6, 6.07) is 0. The fourth-order valence-corrected chi connectivity index (χ4v) is 1.25. The summed E-state index contributed by atoms with van der Waals surface area (Å²) in [6.45, 7) is 0. The summed E-state index contributed by atoms with van der Waals surface area (Å²) in [6.07, 6.45) is 0. The summed E-state index contributed by atoms with van der Waals surface area (Å²) in [5, 5.41) is 0. The predicted octanol–water partition coefficient (Wildman–Crippen LogP) is -6.80. The fraction of sp³-hybridized carbons (Fsp3) is 0. The Balaban J connectivity index is -0.000000320. The van der Waals surface area contributed by atoms with Crippen molar-refractivity contribution < 1.29 is 75.0 Å². The second-order valence-electron chi connectivity index (χ2n) is 1.06. The van der Waals surface area contributed by atoms with Crippen molar-refractivity contribution in [3.05, 3.63) is 0 Å². The van der Waals surface area contributed by atoms with Gasteiger partial charge in [-0.2, -0.15) is 4.31 Å². The van der Waals surface area contributed by atoms with Crippen LogP contribution in [0.2, 0.25) is 0 Å². The SMILES string of the molecule is O=P(O)(O)OP(=O)(O)O.[Cl-].[Na+]. The van der Waals surface area contributed by atoms with Crippen LogP contribution in [-0.2, 0) is 13.4 Å². The van der Waals surface area contributed by atoms with Gasteiger partial charge >= 0.3 is 45.2 Å². The Morgan fingerprint density at radius 2 is 1.09 bits per heavy atom. The Hall–Kier alpha value is 1.55. The van der Waals surface area contributed by atoms with Gasteiger partial charge in [0.15, 0.2) is 0 Å². The minimum Gasteiger partial charge on any atom is -1.00 e. The van der Waals surface area contributed by atoms with E-state index in [9.17, 15) is 9.13 Å². The average molecular weight is 236 g/mol. The number of hydrogen-bond acceptors (Lipinski definition) is 3. The monoisotopic (exact) mass is 236 g/mol. The Morgan fingerprint density at radius 1 is 0.909 bits per heavy atom. The molecule has 0 atom stereocenters. The molecule has 0 saturated heterocycles. The van der Waals surface area contributed by atoms with Crippen LogP contribution in [-0.4, -0.2) is 19.6 Å². The summed E-state index contributed by atoms with van der Waals surface area (Å²) in [5.41, 5.74) is 0. The van der Waals surface area contributed by atoms with E-state index in [-0.39, 0.29) is 42.0 Å². The van der Waals surface area contributed by atoms with Gasteiger partial charge in [0.25, 0.3) is 0 Å². The van der Waals surface area contributed by atoms with Crippen molar-refractivity contribution in [2.75, 3.05) is 0 Å². The molecule has 0 fully saturated rings. The predicted molar refractivity (Wildman–Crippen MR) is 25.2 cm³/mol. The summed E-state index contributed by atoms with van der Waals surface area (Å²) in [7, 11) is -10.1. The molecule has 0 bridgehead atoms. The molecule has 0 spiro atoms. The molecule has 64 valence electrons. The summed E-state index contributed by atoms with van der Waals surface area (Å²) < 4.78 is 22.2. The van der Waals surface area contributed by atoms with Crippen molar-refractivity contribution >= 4 is 15.6 Å². The van der Waals surface area contributed by atoms with E-state index in [1.807, 2.05) is 0 Å². The Kier molecular flexibility index (Phi) is 10.1. The topological polar surface area (TPSA) is 124 Å². The third-order valence-corrected chi connectivity index (χ3v) is 1.91. The fourth-order valence-electron chi connectivity index (χ4n) is 0.139. The molecule has 0 aromatic heterocycles. The summed E-state index contributed by atoms with van der Waals surface area (Å²) in [5.74, 6) is 0. The van der Waals surface area contributed by atoms with Gasteiger partial charge in [0, 0.05) is 0 Å². The normalized spacial score (nSPS) is 11.3. The third kappa shape index (κ3) is 18.5. The van der Waals surface area contributed by atoms with Crippen molar-refractivity contribution in [2.45, 2.75) is 0 Å². The van der Waals surface area contributed by atoms with Crippen LogP contribution >= 0.6 is 15.6 Å². The first-order valence-electron chi connectivity index (χ1n) is 1.53. The van der Waals surface area contributed by atoms with Gasteiger partial charge in [-0.1, -0.05) is 0 Å². The first-order valence-corrected chi connectivity index (χ1v) is 4.59. The van der Waals surface area contributed by atoms with Crippen LogP contribution in [0.25, 0.3) is 0 Å². The summed E-state index contributed by atoms with van der Waals surface area (Å²) in [4.78, 5) is 31.0. The van der Waals surface area contributed by atoms with E-state index in [4.69, 9.17) is 19.6 Å². The largest absolute Gasteiger partial charge is 1.00 e. The first-order chi connectivity index (χ1) is 3.71. The Bertz CT molecular complexity index is 157. The standard InChI is InChI=1S/ClH.Na.H4O7P2/c;;1-8(2,3)7-9(4,5)6/h1H;;(H2,1,2,3)(H2,4,5,6)/q;+1;/p-1. The van der Waals surface area contributed by atoms with Gasteiger partial charge in [-0.15, -0.1) is 0 Å². The molecule has 0 radical (unpaired) electrons. The molecule has 11 heteroatoms. The van der Waals surface area contributed by atoms with Gasteiger partial charge in [0.05, 0.1) is 0 Å². The molecule has 0 aromatic carbocycles. The number of phosphoric acid groups is 2. The van der Waals surface area contributed by atoms with Crippen LogP contribution in [0.4, 0.5) is 0 Å². The molecule has 7 nitrogen and oxygen atoms in total. The smallest absolute Gasteiger partial charge is 1.00 e. The molecule has 0 rings (SSSR count). The molecule has 0 aromatic rings. The van der Waals surface area contributed by atoms with Crippen molar-refractivity contribution in [1.29, 1.82) is 0 Å². The molecular weight excluding hydrogens is 232 g/mol. The molecule has 4 N–H and O–H groups in total. The molecule has 0 saturated carbocycles. The molecule has 0 unspecified atom stereocenters. The van der Waals surface area contributed by atoms with E-state index in [1.54, 1.807) is 0 Å². The molecule has 11 heavy (non-hydrogen) atoms. The zero-order valence-corrected chi connectivity index (χ0v) is 9.83. The van der Waals surface area contributed by atoms with Gasteiger partial charge in [0.1, 0.15) is 0 Å². The van der Waals surface area contributed by atoms with Crippen LogP contribution in [0, 0.1) is 0 Å². The number of halogens is 1. The zero-order chi connectivity index (χ0) is 7.71. The molecule has 0 amide bonds. The maximum absolute atomic E-state index is 9.63. The summed E-state index contributed by atoms with van der Waals surface area (Å²) >= 11 is 0. The van der Waals surface area contributed by atoms with Crippen molar-refractivity contribution in [3.63, 3.8) is 0 Å². The third-order valence-electron chi connectivity index (χ3n) is 0.213. The van der Waals surface area contributed by atoms with Crippen molar-refractivity contribution in [2.24, 2.45) is 0 Å². The maximum Gasteiger partial charge on any atom is 1.00 e. The molecular formula is H4ClNaO7P2. The van der Waals surface area contributed by atoms with Crippen LogP contribution < -0.4 is 42.0 Å². The minimum atomic E-state index is -5.05. The Labute approximate surface area is 90.3 Å². The van der Waals surface area contributed by atoms with E-state index in [0.717, 1.165) is 0 Å². The zero-order valence-electron chi connectivity index (χ0n) is 5.29. The van der Waals surface area contributed by atoms with Crippen LogP contribution in [0.3, 0.4) is 0 Å². The first kappa shape index (κ1) is 18.4. The van der Waals surface area contributed by atoms with Crippen LogP contribution in [0.5, 0.6) is 0 Å². The van der Waals surface area contributed by atoms with E-state index >= 15 is 0 Å². The number of hydrogen-bond donors (Lipinski definition) is 4. The molecule has 0 aliphatic carbocycles. The molecule has 0 aliphatic rings. The maximum atomic E-state index is 9.63. The van der Waals surface area contributed by atoms with Crippen molar-refractivity contribution in [1.82, 2.24) is 0 Å². The van der Waals surface area contributed by atoms with Gasteiger partial charge in [-0.05, 0) is 0 Å². The van der Waals surface area contributed by atoms with Gasteiger partial charge in [-0.3, -0.25) is 0 Å². The number of rotatable bonds is 2. The van der Waals surface area contributed by atoms with Gasteiger partial charge < -0.3 is 32.0 Å². The van der Waals surface area contributed by atoms with E-state index in [2.05, 4.69) is 4.31 Å². The second-order valence-corrected chi connectivity index (χ2v) is 3.68. The van der Waals surface area contributed by atoms with Crippen molar-refractivity contribution in [3.8, 4) is 0 Å².